The molecule has 18 heavy (non-hydrogen) atoms. The fourth-order valence-corrected chi connectivity index (χ4v) is 2.00. The van der Waals surface area contributed by atoms with Crippen molar-refractivity contribution in [2.24, 2.45) is 0 Å². The lowest BCUT2D eigenvalue weighted by atomic mass is 10.4. The van der Waals surface area contributed by atoms with Crippen molar-refractivity contribution in [3.05, 3.63) is 4.88 Å². The number of nitrogens with one attached hydrogen (secondary N) is 2. The third kappa shape index (κ3) is 4.47. The maximum Gasteiger partial charge on any atom is 0.265 e. The first-order chi connectivity index (χ1) is 8.69. The molecule has 7 nitrogen and oxygen atoms in total. The summed E-state index contributed by atoms with van der Waals surface area (Å²) in [6.45, 7) is 2.09. The minimum atomic E-state index is -0.234. The molecule has 0 bridgehead atoms. The molecule has 0 radical (unpaired) electrons. The summed E-state index contributed by atoms with van der Waals surface area (Å²) in [5.41, 5.74) is 5.69. The number of hydrogen-bond acceptors (Lipinski definition) is 7. The van der Waals surface area contributed by atoms with E-state index in [-0.39, 0.29) is 11.7 Å². The zero-order valence-electron chi connectivity index (χ0n) is 10.5. The van der Waals surface area contributed by atoms with Crippen LogP contribution in [0.15, 0.2) is 0 Å². The van der Waals surface area contributed by atoms with Crippen LogP contribution < -0.4 is 16.4 Å². The predicted molar refractivity (Wildman–Crippen MR) is 71.1 cm³/mol. The predicted octanol–water partition coefficient (Wildman–Crippen LogP) is 0.160. The van der Waals surface area contributed by atoms with Crippen molar-refractivity contribution in [3.63, 3.8) is 0 Å². The molecular formula is C10H18N4O3S. The summed E-state index contributed by atoms with van der Waals surface area (Å²) in [6, 6.07) is 0. The standard InChI is InChI=1S/C10H18N4O3S/c1-16-5-3-12-9(15)7-8(11)14-10(18-7)13-4-6-17-2/h3-6,11H2,1-2H3,(H,12,15)(H,13,14). The summed E-state index contributed by atoms with van der Waals surface area (Å²) < 4.78 is 9.75. The molecular weight excluding hydrogens is 256 g/mol. The molecule has 0 spiro atoms. The summed E-state index contributed by atoms with van der Waals surface area (Å²) >= 11 is 1.22. The average molecular weight is 274 g/mol. The number of rotatable bonds is 8. The number of nitrogens with zero attached hydrogens (tertiary/aromatic N) is 1. The van der Waals surface area contributed by atoms with Crippen molar-refractivity contribution in [2.45, 2.75) is 0 Å². The Morgan fingerprint density at radius 2 is 2.00 bits per heavy atom. The van der Waals surface area contributed by atoms with E-state index in [0.29, 0.717) is 36.3 Å². The van der Waals surface area contributed by atoms with Gasteiger partial charge in [-0.1, -0.05) is 11.3 Å². The molecule has 0 fully saturated rings. The van der Waals surface area contributed by atoms with E-state index in [4.69, 9.17) is 15.2 Å². The minimum Gasteiger partial charge on any atom is -0.383 e. The fourth-order valence-electron chi connectivity index (χ4n) is 1.18. The lowest BCUT2D eigenvalue weighted by molar-refractivity contribution is 0.0942. The third-order valence-electron chi connectivity index (χ3n) is 2.03. The first-order valence-corrected chi connectivity index (χ1v) is 6.27. The molecule has 1 amide bonds. The average Bonchev–Trinajstić information content (AvgIpc) is 2.71. The number of hydrogen-bond donors (Lipinski definition) is 3. The number of methoxy groups -OCH3 is 2. The number of carbonyl (C=O) groups excluding carboxylic acids is 1. The van der Waals surface area contributed by atoms with Crippen LogP contribution in [0.25, 0.3) is 0 Å². The Morgan fingerprint density at radius 3 is 2.67 bits per heavy atom. The number of nitrogen functional groups attached to an aromatic ring is 1. The summed E-state index contributed by atoms with van der Waals surface area (Å²) in [5.74, 6) is -0.00308. The summed E-state index contributed by atoms with van der Waals surface area (Å²) in [4.78, 5) is 16.2. The molecule has 1 aromatic rings. The van der Waals surface area contributed by atoms with Crippen molar-refractivity contribution in [2.75, 3.05) is 51.6 Å². The Kier molecular flexibility index (Phi) is 6.40. The second kappa shape index (κ2) is 7.85. The number of amides is 1. The quantitative estimate of drug-likeness (QED) is 0.584. The van der Waals surface area contributed by atoms with E-state index in [1.165, 1.54) is 11.3 Å². The number of thiazole rings is 1. The van der Waals surface area contributed by atoms with Crippen molar-refractivity contribution >= 4 is 28.2 Å². The van der Waals surface area contributed by atoms with Gasteiger partial charge in [0.1, 0.15) is 10.7 Å². The molecule has 4 N–H and O–H groups in total. The van der Waals surface area contributed by atoms with E-state index >= 15 is 0 Å². The molecule has 1 rings (SSSR count). The van der Waals surface area contributed by atoms with Gasteiger partial charge in [0.25, 0.3) is 5.91 Å². The van der Waals surface area contributed by atoms with Crippen LogP contribution in [0.2, 0.25) is 0 Å². The molecule has 0 aliphatic carbocycles. The van der Waals surface area contributed by atoms with Gasteiger partial charge in [0.15, 0.2) is 5.13 Å². The second-order valence-electron chi connectivity index (χ2n) is 3.40. The van der Waals surface area contributed by atoms with Gasteiger partial charge in [0.05, 0.1) is 13.2 Å². The molecule has 102 valence electrons. The summed E-state index contributed by atoms with van der Waals surface area (Å²) in [7, 11) is 3.19. The van der Waals surface area contributed by atoms with Crippen LogP contribution in [0.3, 0.4) is 0 Å². The van der Waals surface area contributed by atoms with Crippen molar-refractivity contribution < 1.29 is 14.3 Å². The molecule has 0 aromatic carbocycles. The Hall–Kier alpha value is -1.38. The Bertz CT molecular complexity index is 383. The van der Waals surface area contributed by atoms with Gasteiger partial charge in [-0.25, -0.2) is 4.98 Å². The molecule has 0 atom stereocenters. The van der Waals surface area contributed by atoms with Gasteiger partial charge in [-0.3, -0.25) is 4.79 Å². The zero-order chi connectivity index (χ0) is 13.4. The highest BCUT2D eigenvalue weighted by molar-refractivity contribution is 7.18. The lowest BCUT2D eigenvalue weighted by Gasteiger charge is -2.02. The van der Waals surface area contributed by atoms with Gasteiger partial charge in [-0.05, 0) is 0 Å². The van der Waals surface area contributed by atoms with Crippen molar-refractivity contribution in [1.29, 1.82) is 0 Å². The minimum absolute atomic E-state index is 0.231. The summed E-state index contributed by atoms with van der Waals surface area (Å²) in [6.07, 6.45) is 0. The van der Waals surface area contributed by atoms with Crippen LogP contribution in [0.1, 0.15) is 9.67 Å². The van der Waals surface area contributed by atoms with E-state index < -0.39 is 0 Å². The summed E-state index contributed by atoms with van der Waals surface area (Å²) in [5, 5.41) is 6.33. The van der Waals surface area contributed by atoms with E-state index in [2.05, 4.69) is 15.6 Å². The molecule has 1 heterocycles. The van der Waals surface area contributed by atoms with Gasteiger partial charge in [-0.15, -0.1) is 0 Å². The monoisotopic (exact) mass is 274 g/mol. The highest BCUT2D eigenvalue weighted by atomic mass is 32.1. The van der Waals surface area contributed by atoms with Crippen molar-refractivity contribution in [1.82, 2.24) is 10.3 Å². The Morgan fingerprint density at radius 1 is 1.33 bits per heavy atom. The second-order valence-corrected chi connectivity index (χ2v) is 4.40. The van der Waals surface area contributed by atoms with Crippen LogP contribution in [-0.2, 0) is 9.47 Å². The third-order valence-corrected chi connectivity index (χ3v) is 3.06. The van der Waals surface area contributed by atoms with Crippen LogP contribution in [0, 0.1) is 0 Å². The maximum atomic E-state index is 11.8. The first kappa shape index (κ1) is 14.7. The van der Waals surface area contributed by atoms with Gasteiger partial charge in [0, 0.05) is 27.3 Å². The smallest absolute Gasteiger partial charge is 0.265 e. The van der Waals surface area contributed by atoms with Gasteiger partial charge < -0.3 is 25.8 Å². The van der Waals surface area contributed by atoms with Crippen LogP contribution in [0.5, 0.6) is 0 Å². The van der Waals surface area contributed by atoms with Crippen LogP contribution in [0.4, 0.5) is 10.9 Å². The topological polar surface area (TPSA) is 98.5 Å². The maximum absolute atomic E-state index is 11.8. The molecule has 8 heteroatoms. The Balaban J connectivity index is 2.52. The van der Waals surface area contributed by atoms with E-state index in [1.807, 2.05) is 0 Å². The highest BCUT2D eigenvalue weighted by Gasteiger charge is 2.15. The van der Waals surface area contributed by atoms with Crippen LogP contribution >= 0.6 is 11.3 Å². The lowest BCUT2D eigenvalue weighted by Crippen LogP contribution is -2.26. The number of carbonyl (C=O) groups is 1. The molecule has 1 aromatic heterocycles. The molecule has 0 aliphatic rings. The highest BCUT2D eigenvalue weighted by Crippen LogP contribution is 2.24. The number of ether oxygens (including phenoxy) is 2. The Labute approximate surface area is 110 Å². The van der Waals surface area contributed by atoms with E-state index in [9.17, 15) is 4.79 Å². The first-order valence-electron chi connectivity index (χ1n) is 5.45. The largest absolute Gasteiger partial charge is 0.383 e. The van der Waals surface area contributed by atoms with Crippen molar-refractivity contribution in [3.8, 4) is 0 Å². The van der Waals surface area contributed by atoms with E-state index in [1.54, 1.807) is 14.2 Å². The van der Waals surface area contributed by atoms with E-state index in [0.717, 1.165) is 0 Å². The fraction of sp³-hybridized carbons (Fsp3) is 0.600. The normalized spacial score (nSPS) is 10.3. The van der Waals surface area contributed by atoms with Gasteiger partial charge >= 0.3 is 0 Å². The molecule has 0 aliphatic heterocycles. The number of aromatic nitrogens is 1. The zero-order valence-corrected chi connectivity index (χ0v) is 11.3. The number of anilines is 2. The SMILES string of the molecule is COCCNC(=O)c1sc(NCCOC)nc1N. The molecule has 0 unspecified atom stereocenters. The van der Waals surface area contributed by atoms with Crippen LogP contribution in [-0.4, -0.2) is 51.4 Å². The molecule has 0 saturated heterocycles. The van der Waals surface area contributed by atoms with Gasteiger partial charge in [-0.2, -0.15) is 0 Å². The van der Waals surface area contributed by atoms with Gasteiger partial charge in [0.2, 0.25) is 0 Å². The number of nitrogens with two attached hydrogens (primary N) is 1. The molecule has 0 saturated carbocycles.